The molecule has 1 N–H and O–H groups in total. The summed E-state index contributed by atoms with van der Waals surface area (Å²) >= 11 is 0. The number of hydrogen-bond donors (Lipinski definition) is 1. The molecule has 0 bridgehead atoms. The summed E-state index contributed by atoms with van der Waals surface area (Å²) in [6.45, 7) is 6.99. The van der Waals surface area contributed by atoms with Crippen LogP contribution in [0.3, 0.4) is 0 Å². The highest BCUT2D eigenvalue weighted by Gasteiger charge is 2.21. The fourth-order valence-corrected chi connectivity index (χ4v) is 2.42. The predicted molar refractivity (Wildman–Crippen MR) is 122 cm³/mol. The molecule has 0 unspecified atom stereocenters. The van der Waals surface area contributed by atoms with Gasteiger partial charge in [-0.25, -0.2) is 9.59 Å². The first-order chi connectivity index (χ1) is 14.5. The van der Waals surface area contributed by atoms with Crippen LogP contribution in [0.4, 0.5) is 0 Å². The molecule has 0 rings (SSSR count). The molecule has 0 saturated heterocycles. The van der Waals surface area contributed by atoms with Crippen LogP contribution in [0.15, 0.2) is 60.9 Å². The van der Waals surface area contributed by atoms with Crippen LogP contribution >= 0.6 is 0 Å². The van der Waals surface area contributed by atoms with Crippen LogP contribution in [0.25, 0.3) is 0 Å². The minimum atomic E-state index is -1.17. The van der Waals surface area contributed by atoms with E-state index >= 15 is 0 Å². The fraction of sp³-hybridized carbons (Fsp3) is 0.520. The van der Waals surface area contributed by atoms with E-state index in [4.69, 9.17) is 14.6 Å². The highest BCUT2D eigenvalue weighted by molar-refractivity contribution is 5.78. The number of esters is 1. The second-order valence-corrected chi connectivity index (χ2v) is 6.97. The first-order valence-corrected chi connectivity index (χ1v) is 10.8. The number of aliphatic carboxylic acids is 1. The van der Waals surface area contributed by atoms with Crippen molar-refractivity contribution in [1.29, 1.82) is 0 Å². The maximum atomic E-state index is 11.5. The number of carboxylic acids is 1. The molecular weight excluding hydrogens is 380 g/mol. The van der Waals surface area contributed by atoms with E-state index in [2.05, 4.69) is 50.0 Å². The normalized spacial score (nSPS) is 12.9. The molecule has 0 fully saturated rings. The van der Waals surface area contributed by atoms with Crippen molar-refractivity contribution in [3.8, 4) is 0 Å². The van der Waals surface area contributed by atoms with Crippen molar-refractivity contribution in [2.75, 3.05) is 6.61 Å². The predicted octanol–water partition coefficient (Wildman–Crippen LogP) is 6.29. The molecule has 0 aromatic rings. The SMILES string of the molecule is C=C(C)OCC(=O)O[C@H](CCC=CCC=CCC=CCC=CCCCCC)C(=O)O. The lowest BCUT2D eigenvalue weighted by Gasteiger charge is -2.13. The summed E-state index contributed by atoms with van der Waals surface area (Å²) in [6, 6.07) is 0. The Labute approximate surface area is 181 Å². The molecule has 0 spiro atoms. The van der Waals surface area contributed by atoms with Gasteiger partial charge in [0.2, 0.25) is 0 Å². The zero-order valence-corrected chi connectivity index (χ0v) is 18.6. The maximum absolute atomic E-state index is 11.5. The zero-order chi connectivity index (χ0) is 22.5. The van der Waals surface area contributed by atoms with Crippen molar-refractivity contribution < 1.29 is 24.2 Å². The Morgan fingerprint density at radius 3 is 1.93 bits per heavy atom. The van der Waals surface area contributed by atoms with Crippen LogP contribution in [0.1, 0.15) is 71.6 Å². The van der Waals surface area contributed by atoms with Gasteiger partial charge in [0.1, 0.15) is 0 Å². The van der Waals surface area contributed by atoms with Gasteiger partial charge in [0.25, 0.3) is 0 Å². The third kappa shape index (κ3) is 18.8. The molecule has 0 aliphatic carbocycles. The summed E-state index contributed by atoms with van der Waals surface area (Å²) in [5, 5.41) is 9.14. The van der Waals surface area contributed by atoms with E-state index < -0.39 is 18.0 Å². The first-order valence-electron chi connectivity index (χ1n) is 10.8. The van der Waals surface area contributed by atoms with Gasteiger partial charge in [-0.1, -0.05) is 75.0 Å². The van der Waals surface area contributed by atoms with Crippen molar-refractivity contribution >= 4 is 11.9 Å². The number of rotatable bonds is 18. The summed E-state index contributed by atoms with van der Waals surface area (Å²) < 4.78 is 9.85. The van der Waals surface area contributed by atoms with Gasteiger partial charge in [-0.15, -0.1) is 0 Å². The Kier molecular flexibility index (Phi) is 18.1. The molecule has 0 amide bonds. The summed E-state index contributed by atoms with van der Waals surface area (Å²) in [5.41, 5.74) is 0. The third-order valence-electron chi connectivity index (χ3n) is 4.04. The average molecular weight is 419 g/mol. The number of allylic oxidation sites excluding steroid dienone is 9. The van der Waals surface area contributed by atoms with E-state index in [1.54, 1.807) is 6.92 Å². The topological polar surface area (TPSA) is 72.8 Å². The molecule has 168 valence electrons. The van der Waals surface area contributed by atoms with Crippen molar-refractivity contribution in [3.63, 3.8) is 0 Å². The van der Waals surface area contributed by atoms with E-state index in [-0.39, 0.29) is 13.0 Å². The molecule has 0 saturated carbocycles. The largest absolute Gasteiger partial charge is 0.487 e. The molecule has 0 aliphatic heterocycles. The lowest BCUT2D eigenvalue weighted by molar-refractivity contribution is -0.166. The van der Waals surface area contributed by atoms with Gasteiger partial charge in [-0.2, -0.15) is 0 Å². The Morgan fingerprint density at radius 1 is 0.900 bits per heavy atom. The minimum Gasteiger partial charge on any atom is -0.487 e. The summed E-state index contributed by atoms with van der Waals surface area (Å²) in [4.78, 5) is 22.7. The Morgan fingerprint density at radius 2 is 1.43 bits per heavy atom. The quantitative estimate of drug-likeness (QED) is 0.123. The Balaban J connectivity index is 3.88. The van der Waals surface area contributed by atoms with Crippen molar-refractivity contribution in [2.45, 2.75) is 77.7 Å². The van der Waals surface area contributed by atoms with E-state index in [1.165, 1.54) is 25.7 Å². The van der Waals surface area contributed by atoms with Gasteiger partial charge in [-0.3, -0.25) is 0 Å². The number of carbonyl (C=O) groups is 2. The summed E-state index contributed by atoms with van der Waals surface area (Å²) in [6.07, 6.45) is 24.1. The molecule has 0 aromatic carbocycles. The summed E-state index contributed by atoms with van der Waals surface area (Å²) in [7, 11) is 0. The molecular formula is C25H38O5. The van der Waals surface area contributed by atoms with Crippen LogP contribution in [-0.2, 0) is 19.1 Å². The number of hydrogen-bond acceptors (Lipinski definition) is 4. The van der Waals surface area contributed by atoms with E-state index in [1.807, 2.05) is 12.2 Å². The molecule has 30 heavy (non-hydrogen) atoms. The van der Waals surface area contributed by atoms with Crippen LogP contribution in [0, 0.1) is 0 Å². The molecule has 1 atom stereocenters. The first kappa shape index (κ1) is 27.4. The van der Waals surface area contributed by atoms with Gasteiger partial charge < -0.3 is 14.6 Å². The number of carboxylic acid groups (broad SMARTS) is 1. The maximum Gasteiger partial charge on any atom is 0.345 e. The second kappa shape index (κ2) is 19.7. The lowest BCUT2D eigenvalue weighted by atomic mass is 10.2. The van der Waals surface area contributed by atoms with Gasteiger partial charge in [0, 0.05) is 0 Å². The van der Waals surface area contributed by atoms with E-state index in [9.17, 15) is 9.59 Å². The Bertz CT molecular complexity index is 599. The van der Waals surface area contributed by atoms with Crippen molar-refractivity contribution in [2.24, 2.45) is 0 Å². The zero-order valence-electron chi connectivity index (χ0n) is 18.6. The van der Waals surface area contributed by atoms with Gasteiger partial charge in [0.15, 0.2) is 12.7 Å². The number of carbonyl (C=O) groups excluding carboxylic acids is 1. The van der Waals surface area contributed by atoms with Crippen LogP contribution in [0.2, 0.25) is 0 Å². The highest BCUT2D eigenvalue weighted by atomic mass is 16.6. The minimum absolute atomic E-state index is 0.225. The Hall–Kier alpha value is -2.56. The van der Waals surface area contributed by atoms with Crippen molar-refractivity contribution in [3.05, 3.63) is 60.9 Å². The standard InChI is InChI=1S/C25H38O5/c1-4-5-6-7-8-9-10-11-12-13-14-15-16-17-18-19-20-23(25(27)28)30-24(26)21-29-22(2)3/h8-9,11-12,14-15,17-18,23H,2,4-7,10,13,16,19-21H2,1,3H3,(H,27,28)/t23-/m1/s1. The molecule has 5 heteroatoms. The number of ether oxygens (including phenoxy) is 2. The fourth-order valence-electron chi connectivity index (χ4n) is 2.42. The smallest absolute Gasteiger partial charge is 0.345 e. The average Bonchev–Trinajstić information content (AvgIpc) is 2.70. The highest BCUT2D eigenvalue weighted by Crippen LogP contribution is 2.06. The molecule has 5 nitrogen and oxygen atoms in total. The molecule has 0 aromatic heterocycles. The van der Waals surface area contributed by atoms with Crippen LogP contribution in [-0.4, -0.2) is 29.8 Å². The van der Waals surface area contributed by atoms with Gasteiger partial charge in [-0.05, 0) is 51.9 Å². The van der Waals surface area contributed by atoms with E-state index in [0.29, 0.717) is 12.2 Å². The number of unbranched alkanes of at least 4 members (excludes halogenated alkanes) is 3. The molecule has 0 radical (unpaired) electrons. The van der Waals surface area contributed by atoms with Crippen LogP contribution in [0.5, 0.6) is 0 Å². The second-order valence-electron chi connectivity index (χ2n) is 6.97. The monoisotopic (exact) mass is 418 g/mol. The van der Waals surface area contributed by atoms with E-state index in [0.717, 1.165) is 19.3 Å². The van der Waals surface area contributed by atoms with Crippen molar-refractivity contribution in [1.82, 2.24) is 0 Å². The van der Waals surface area contributed by atoms with Gasteiger partial charge >= 0.3 is 11.9 Å². The molecule has 0 heterocycles. The third-order valence-corrected chi connectivity index (χ3v) is 4.04. The lowest BCUT2D eigenvalue weighted by Crippen LogP contribution is -2.28. The van der Waals surface area contributed by atoms with Crippen LogP contribution < -0.4 is 0 Å². The summed E-state index contributed by atoms with van der Waals surface area (Å²) in [5.74, 6) is -1.49. The molecule has 0 aliphatic rings. The van der Waals surface area contributed by atoms with Gasteiger partial charge in [0.05, 0.1) is 5.76 Å².